The molecule has 25 heavy (non-hydrogen) atoms. The minimum absolute atomic E-state index is 0.0515. The second-order valence-electron chi connectivity index (χ2n) is 5.98. The van der Waals surface area contributed by atoms with Gasteiger partial charge in [-0.05, 0) is 33.0 Å². The second-order valence-corrected chi connectivity index (χ2v) is 5.98. The van der Waals surface area contributed by atoms with Gasteiger partial charge >= 0.3 is 6.18 Å². The maximum absolute atomic E-state index is 12.6. The fourth-order valence-electron chi connectivity index (χ4n) is 2.14. The summed E-state index contributed by atoms with van der Waals surface area (Å²) in [5, 5.41) is 6.53. The zero-order valence-electron chi connectivity index (χ0n) is 14.1. The molecule has 0 saturated heterocycles. The topological polar surface area (TPSA) is 71.3 Å². The second kappa shape index (κ2) is 7.64. The monoisotopic (exact) mass is 356 g/mol. The highest BCUT2D eigenvalue weighted by Crippen LogP contribution is 2.30. The van der Waals surface area contributed by atoms with Gasteiger partial charge in [-0.3, -0.25) is 9.69 Å². The molecule has 2 aromatic rings. The van der Waals surface area contributed by atoms with Crippen LogP contribution in [-0.2, 0) is 17.5 Å². The molecular formula is C16H19F3N4O2. The van der Waals surface area contributed by atoms with Crippen LogP contribution in [0.5, 0.6) is 0 Å². The molecule has 0 aliphatic rings. The van der Waals surface area contributed by atoms with Crippen LogP contribution in [0.1, 0.15) is 25.3 Å². The maximum atomic E-state index is 12.6. The van der Waals surface area contributed by atoms with Crippen LogP contribution in [0, 0.1) is 0 Å². The Labute approximate surface area is 143 Å². The number of likely N-dealkylation sites (N-methyl/N-ethyl adjacent to an activating group) is 1. The first-order chi connectivity index (χ1) is 11.6. The Morgan fingerprint density at radius 2 is 1.92 bits per heavy atom. The molecule has 0 aliphatic heterocycles. The average molecular weight is 356 g/mol. The summed E-state index contributed by atoms with van der Waals surface area (Å²) in [5.41, 5.74) is -0.320. The summed E-state index contributed by atoms with van der Waals surface area (Å²) in [6.07, 6.45) is -4.39. The number of benzene rings is 1. The molecule has 0 fully saturated rings. The third-order valence-electron chi connectivity index (χ3n) is 3.21. The summed E-state index contributed by atoms with van der Waals surface area (Å²) >= 11 is 0. The van der Waals surface area contributed by atoms with Crippen LogP contribution in [0.4, 0.5) is 13.2 Å². The molecule has 2 rings (SSSR count). The molecule has 6 nitrogen and oxygen atoms in total. The number of hydrogen-bond donors (Lipinski definition) is 1. The van der Waals surface area contributed by atoms with Crippen LogP contribution in [0.25, 0.3) is 11.4 Å². The van der Waals surface area contributed by atoms with Crippen LogP contribution in [0.15, 0.2) is 28.8 Å². The number of carbonyl (C=O) groups excluding carboxylic acids is 1. The summed E-state index contributed by atoms with van der Waals surface area (Å²) in [4.78, 5) is 17.5. The smallest absolute Gasteiger partial charge is 0.353 e. The van der Waals surface area contributed by atoms with E-state index in [1.807, 2.05) is 13.8 Å². The molecule has 0 atom stereocenters. The molecule has 9 heteroatoms. The number of carbonyl (C=O) groups is 1. The molecule has 0 unspecified atom stereocenters. The summed E-state index contributed by atoms with van der Waals surface area (Å²) < 4.78 is 42.8. The van der Waals surface area contributed by atoms with Gasteiger partial charge in [0.15, 0.2) is 0 Å². The van der Waals surface area contributed by atoms with Crippen molar-refractivity contribution in [2.75, 3.05) is 13.6 Å². The van der Waals surface area contributed by atoms with Crippen molar-refractivity contribution in [2.45, 2.75) is 32.6 Å². The zero-order chi connectivity index (χ0) is 18.6. The van der Waals surface area contributed by atoms with Gasteiger partial charge in [0.05, 0.1) is 18.7 Å². The van der Waals surface area contributed by atoms with E-state index in [0.717, 1.165) is 12.1 Å². The first kappa shape index (κ1) is 18.9. The lowest BCUT2D eigenvalue weighted by Gasteiger charge is -2.15. The molecule has 1 aromatic carbocycles. The lowest BCUT2D eigenvalue weighted by Crippen LogP contribution is -2.38. The van der Waals surface area contributed by atoms with E-state index in [1.165, 1.54) is 12.1 Å². The molecule has 1 heterocycles. The molecule has 0 aliphatic carbocycles. The Hall–Kier alpha value is -2.42. The van der Waals surface area contributed by atoms with Crippen LogP contribution >= 0.6 is 0 Å². The van der Waals surface area contributed by atoms with Gasteiger partial charge in [0, 0.05) is 11.6 Å². The summed E-state index contributed by atoms with van der Waals surface area (Å²) in [5.74, 6) is 0.346. The van der Waals surface area contributed by atoms with Crippen LogP contribution in [-0.4, -0.2) is 40.6 Å². The van der Waals surface area contributed by atoms with Gasteiger partial charge in [-0.2, -0.15) is 18.2 Å². The number of aromatic nitrogens is 2. The number of nitrogens with one attached hydrogen (secondary N) is 1. The SMILES string of the molecule is CC(C)NC(=O)CN(C)Cc1nc(-c2ccc(C(F)(F)F)cc2)no1. The van der Waals surface area contributed by atoms with E-state index in [4.69, 9.17) is 4.52 Å². The van der Waals surface area contributed by atoms with Crippen molar-refractivity contribution < 1.29 is 22.5 Å². The van der Waals surface area contributed by atoms with Gasteiger partial charge in [0.25, 0.3) is 0 Å². The average Bonchev–Trinajstić information content (AvgIpc) is 2.93. The van der Waals surface area contributed by atoms with Crippen LogP contribution in [0.2, 0.25) is 0 Å². The standard InChI is InChI=1S/C16H19F3N4O2/c1-10(2)20-13(24)8-23(3)9-14-21-15(22-25-14)11-4-6-12(7-5-11)16(17,18)19/h4-7,10H,8-9H2,1-3H3,(H,20,24). The number of hydrogen-bond acceptors (Lipinski definition) is 5. The highest BCUT2D eigenvalue weighted by Gasteiger charge is 2.30. The van der Waals surface area contributed by atoms with E-state index in [9.17, 15) is 18.0 Å². The van der Waals surface area contributed by atoms with E-state index in [1.54, 1.807) is 11.9 Å². The Morgan fingerprint density at radius 1 is 1.28 bits per heavy atom. The fourth-order valence-corrected chi connectivity index (χ4v) is 2.14. The quantitative estimate of drug-likeness (QED) is 0.862. The maximum Gasteiger partial charge on any atom is 0.416 e. The minimum atomic E-state index is -4.39. The van der Waals surface area contributed by atoms with Crippen molar-refractivity contribution in [3.8, 4) is 11.4 Å². The van der Waals surface area contributed by atoms with Gasteiger partial charge in [-0.15, -0.1) is 0 Å². The minimum Gasteiger partial charge on any atom is -0.353 e. The molecule has 0 radical (unpaired) electrons. The fraction of sp³-hybridized carbons (Fsp3) is 0.438. The van der Waals surface area contributed by atoms with E-state index in [0.29, 0.717) is 5.56 Å². The lowest BCUT2D eigenvalue weighted by molar-refractivity contribution is -0.137. The van der Waals surface area contributed by atoms with Gasteiger partial charge in [0.1, 0.15) is 0 Å². The van der Waals surface area contributed by atoms with E-state index in [2.05, 4.69) is 15.5 Å². The molecular weight excluding hydrogens is 337 g/mol. The highest BCUT2D eigenvalue weighted by molar-refractivity contribution is 5.78. The van der Waals surface area contributed by atoms with Gasteiger partial charge < -0.3 is 9.84 Å². The highest BCUT2D eigenvalue weighted by atomic mass is 19.4. The van der Waals surface area contributed by atoms with E-state index >= 15 is 0 Å². The number of nitrogens with zero attached hydrogens (tertiary/aromatic N) is 3. The number of rotatable bonds is 6. The molecule has 1 N–H and O–H groups in total. The predicted octanol–water partition coefficient (Wildman–Crippen LogP) is 2.71. The van der Waals surface area contributed by atoms with Gasteiger partial charge in [-0.1, -0.05) is 17.3 Å². The Kier molecular flexibility index (Phi) is 5.78. The Balaban J connectivity index is 1.99. The van der Waals surface area contributed by atoms with E-state index < -0.39 is 11.7 Å². The number of amides is 1. The summed E-state index contributed by atoms with van der Waals surface area (Å²) in [6, 6.07) is 4.56. The normalized spacial score (nSPS) is 12.0. The summed E-state index contributed by atoms with van der Waals surface area (Å²) in [7, 11) is 1.72. The Morgan fingerprint density at radius 3 is 2.48 bits per heavy atom. The number of alkyl halides is 3. The third-order valence-corrected chi connectivity index (χ3v) is 3.21. The number of halogens is 3. The molecule has 136 valence electrons. The lowest BCUT2D eigenvalue weighted by atomic mass is 10.1. The Bertz CT molecular complexity index is 711. The van der Waals surface area contributed by atoms with Gasteiger partial charge in [-0.25, -0.2) is 0 Å². The molecule has 0 saturated carbocycles. The molecule has 0 bridgehead atoms. The molecule has 0 spiro atoms. The van der Waals surface area contributed by atoms with Crippen molar-refractivity contribution in [2.24, 2.45) is 0 Å². The zero-order valence-corrected chi connectivity index (χ0v) is 14.1. The van der Waals surface area contributed by atoms with Crippen molar-refractivity contribution in [1.29, 1.82) is 0 Å². The first-order valence-electron chi connectivity index (χ1n) is 7.63. The van der Waals surface area contributed by atoms with E-state index in [-0.39, 0.29) is 36.8 Å². The predicted molar refractivity (Wildman–Crippen MR) is 84.3 cm³/mol. The van der Waals surface area contributed by atoms with Crippen molar-refractivity contribution >= 4 is 5.91 Å². The van der Waals surface area contributed by atoms with Crippen molar-refractivity contribution in [1.82, 2.24) is 20.4 Å². The summed E-state index contributed by atoms with van der Waals surface area (Å²) in [6.45, 7) is 4.15. The van der Waals surface area contributed by atoms with Crippen LogP contribution < -0.4 is 5.32 Å². The van der Waals surface area contributed by atoms with Crippen LogP contribution in [0.3, 0.4) is 0 Å². The molecule has 1 aromatic heterocycles. The molecule has 1 amide bonds. The first-order valence-corrected chi connectivity index (χ1v) is 7.63. The van der Waals surface area contributed by atoms with Crippen molar-refractivity contribution in [3.63, 3.8) is 0 Å². The van der Waals surface area contributed by atoms with Gasteiger partial charge in [0.2, 0.25) is 17.6 Å². The van der Waals surface area contributed by atoms with Crippen molar-refractivity contribution in [3.05, 3.63) is 35.7 Å². The third kappa shape index (κ3) is 5.56. The largest absolute Gasteiger partial charge is 0.416 e.